The lowest BCUT2D eigenvalue weighted by Gasteiger charge is -2.19. The minimum Gasteiger partial charge on any atom is -0.496 e. The molecule has 1 unspecified atom stereocenters. The standard InChI is InChI=1S/C17H25N3O2.ClH/c1-17(2,3)16-12(10-19-20-16)9-18-11-14(21)13-7-5-6-8-15(13)22-4;/h5-8,10,14,18,21H,9,11H2,1-4H3,(H,19,20);1H. The number of benzene rings is 1. The highest BCUT2D eigenvalue weighted by molar-refractivity contribution is 5.85. The summed E-state index contributed by atoms with van der Waals surface area (Å²) in [6.45, 7) is 7.56. The summed E-state index contributed by atoms with van der Waals surface area (Å²) >= 11 is 0. The molecule has 0 aliphatic heterocycles. The molecular formula is C17H26ClN3O2. The Morgan fingerprint density at radius 2 is 2.00 bits per heavy atom. The van der Waals surface area contributed by atoms with Gasteiger partial charge in [0.05, 0.1) is 19.4 Å². The third kappa shape index (κ3) is 4.96. The first-order valence-corrected chi connectivity index (χ1v) is 7.48. The van der Waals surface area contributed by atoms with E-state index in [0.29, 0.717) is 18.8 Å². The van der Waals surface area contributed by atoms with E-state index in [1.54, 1.807) is 7.11 Å². The molecule has 128 valence electrons. The first-order valence-electron chi connectivity index (χ1n) is 7.48. The third-order valence-corrected chi connectivity index (χ3v) is 3.62. The highest BCUT2D eigenvalue weighted by Gasteiger charge is 2.20. The van der Waals surface area contributed by atoms with Gasteiger partial charge in [0.15, 0.2) is 0 Å². The molecular weight excluding hydrogens is 314 g/mol. The Hall–Kier alpha value is -1.56. The number of nitrogens with one attached hydrogen (secondary N) is 2. The molecule has 1 aromatic heterocycles. The van der Waals surface area contributed by atoms with Crippen LogP contribution < -0.4 is 10.1 Å². The number of rotatable bonds is 6. The van der Waals surface area contributed by atoms with E-state index in [2.05, 4.69) is 36.3 Å². The van der Waals surface area contributed by atoms with Crippen LogP contribution in [0.25, 0.3) is 0 Å². The summed E-state index contributed by atoms with van der Waals surface area (Å²) in [5, 5.41) is 20.8. The first-order chi connectivity index (χ1) is 10.4. The van der Waals surface area contributed by atoms with E-state index in [9.17, 15) is 5.11 Å². The fraction of sp³-hybridized carbons (Fsp3) is 0.471. The van der Waals surface area contributed by atoms with Crippen LogP contribution in [0.5, 0.6) is 5.75 Å². The van der Waals surface area contributed by atoms with Gasteiger partial charge in [0.25, 0.3) is 0 Å². The summed E-state index contributed by atoms with van der Waals surface area (Å²) in [4.78, 5) is 0. The van der Waals surface area contributed by atoms with Crippen LogP contribution >= 0.6 is 12.4 Å². The summed E-state index contributed by atoms with van der Waals surface area (Å²) in [5.74, 6) is 0.704. The summed E-state index contributed by atoms with van der Waals surface area (Å²) in [5.41, 5.74) is 3.06. The predicted molar refractivity (Wildman–Crippen MR) is 94.2 cm³/mol. The normalized spacial score (nSPS) is 12.6. The van der Waals surface area contributed by atoms with Gasteiger partial charge in [0.1, 0.15) is 5.75 Å². The molecule has 3 N–H and O–H groups in total. The molecule has 0 amide bonds. The summed E-state index contributed by atoms with van der Waals surface area (Å²) in [6.07, 6.45) is 1.23. The summed E-state index contributed by atoms with van der Waals surface area (Å²) in [7, 11) is 1.61. The van der Waals surface area contributed by atoms with Crippen LogP contribution in [0.15, 0.2) is 30.5 Å². The minimum absolute atomic E-state index is 0. The molecule has 1 heterocycles. The second-order valence-corrected chi connectivity index (χ2v) is 6.41. The Kier molecular flexibility index (Phi) is 7.06. The van der Waals surface area contributed by atoms with Gasteiger partial charge in [0.2, 0.25) is 0 Å². The van der Waals surface area contributed by atoms with Crippen molar-refractivity contribution in [1.29, 1.82) is 0 Å². The minimum atomic E-state index is -0.610. The van der Waals surface area contributed by atoms with Crippen molar-refractivity contribution in [2.24, 2.45) is 0 Å². The number of aliphatic hydroxyl groups is 1. The van der Waals surface area contributed by atoms with Crippen molar-refractivity contribution in [3.63, 3.8) is 0 Å². The monoisotopic (exact) mass is 339 g/mol. The van der Waals surface area contributed by atoms with Gasteiger partial charge in [-0.05, 0) is 6.07 Å². The maximum Gasteiger partial charge on any atom is 0.124 e. The molecule has 0 spiro atoms. The highest BCUT2D eigenvalue weighted by Crippen LogP contribution is 2.25. The largest absolute Gasteiger partial charge is 0.496 e. The average Bonchev–Trinajstić information content (AvgIpc) is 2.95. The van der Waals surface area contributed by atoms with Crippen molar-refractivity contribution in [1.82, 2.24) is 15.5 Å². The number of aromatic nitrogens is 2. The molecule has 1 atom stereocenters. The van der Waals surface area contributed by atoms with E-state index in [0.717, 1.165) is 16.8 Å². The Bertz CT molecular complexity index is 608. The molecule has 0 aliphatic carbocycles. The number of methoxy groups -OCH3 is 1. The van der Waals surface area contributed by atoms with Gasteiger partial charge in [-0.3, -0.25) is 5.10 Å². The van der Waals surface area contributed by atoms with Gasteiger partial charge < -0.3 is 15.2 Å². The number of aliphatic hydroxyl groups excluding tert-OH is 1. The van der Waals surface area contributed by atoms with Crippen LogP contribution in [0.3, 0.4) is 0 Å². The van der Waals surface area contributed by atoms with Crippen LogP contribution in [0.4, 0.5) is 0 Å². The smallest absolute Gasteiger partial charge is 0.124 e. The zero-order chi connectivity index (χ0) is 16.2. The molecule has 0 saturated heterocycles. The quantitative estimate of drug-likeness (QED) is 0.756. The van der Waals surface area contributed by atoms with E-state index in [1.807, 2.05) is 30.5 Å². The predicted octanol–water partition coefficient (Wildman–Crippen LogP) is 2.96. The van der Waals surface area contributed by atoms with Crippen LogP contribution in [-0.4, -0.2) is 29.0 Å². The lowest BCUT2D eigenvalue weighted by Crippen LogP contribution is -2.23. The van der Waals surface area contributed by atoms with Crippen molar-refractivity contribution in [2.45, 2.75) is 38.8 Å². The van der Waals surface area contributed by atoms with E-state index in [4.69, 9.17) is 4.74 Å². The molecule has 0 fully saturated rings. The molecule has 0 saturated carbocycles. The number of H-pyrrole nitrogens is 1. The third-order valence-electron chi connectivity index (χ3n) is 3.62. The number of aromatic amines is 1. The summed E-state index contributed by atoms with van der Waals surface area (Å²) < 4.78 is 5.28. The number of hydrogen-bond acceptors (Lipinski definition) is 4. The molecule has 2 aromatic rings. The lowest BCUT2D eigenvalue weighted by molar-refractivity contribution is 0.170. The van der Waals surface area contributed by atoms with Crippen LogP contribution in [0.2, 0.25) is 0 Å². The lowest BCUT2D eigenvalue weighted by atomic mass is 9.89. The number of hydrogen-bond donors (Lipinski definition) is 3. The molecule has 5 nitrogen and oxygen atoms in total. The first kappa shape index (κ1) is 19.5. The highest BCUT2D eigenvalue weighted by atomic mass is 35.5. The number of para-hydroxylation sites is 1. The van der Waals surface area contributed by atoms with Gasteiger partial charge in [-0.2, -0.15) is 5.10 Å². The molecule has 0 radical (unpaired) electrons. The Morgan fingerprint density at radius 3 is 2.65 bits per heavy atom. The molecule has 2 rings (SSSR count). The zero-order valence-corrected chi connectivity index (χ0v) is 14.9. The van der Waals surface area contributed by atoms with Crippen molar-refractivity contribution in [2.75, 3.05) is 13.7 Å². The van der Waals surface area contributed by atoms with Crippen molar-refractivity contribution < 1.29 is 9.84 Å². The fourth-order valence-electron chi connectivity index (χ4n) is 2.49. The van der Waals surface area contributed by atoms with E-state index < -0.39 is 6.10 Å². The molecule has 0 bridgehead atoms. The van der Waals surface area contributed by atoms with E-state index in [-0.39, 0.29) is 17.8 Å². The molecule has 23 heavy (non-hydrogen) atoms. The van der Waals surface area contributed by atoms with Gasteiger partial charge in [-0.15, -0.1) is 12.4 Å². The number of ether oxygens (including phenoxy) is 1. The van der Waals surface area contributed by atoms with Crippen molar-refractivity contribution in [3.8, 4) is 5.75 Å². The van der Waals surface area contributed by atoms with Crippen LogP contribution in [-0.2, 0) is 12.0 Å². The van der Waals surface area contributed by atoms with Crippen LogP contribution in [0, 0.1) is 0 Å². The Labute approximate surface area is 143 Å². The summed E-state index contributed by atoms with van der Waals surface area (Å²) in [6, 6.07) is 7.52. The second kappa shape index (κ2) is 8.34. The Morgan fingerprint density at radius 1 is 1.30 bits per heavy atom. The van der Waals surface area contributed by atoms with Crippen LogP contribution in [0.1, 0.15) is 43.7 Å². The van der Waals surface area contributed by atoms with Crippen molar-refractivity contribution >= 4 is 12.4 Å². The van der Waals surface area contributed by atoms with Gasteiger partial charge in [-0.1, -0.05) is 39.0 Å². The average molecular weight is 340 g/mol. The zero-order valence-electron chi connectivity index (χ0n) is 14.1. The van der Waals surface area contributed by atoms with E-state index >= 15 is 0 Å². The maximum absolute atomic E-state index is 10.3. The Balaban J connectivity index is 0.00000264. The fourth-order valence-corrected chi connectivity index (χ4v) is 2.49. The van der Waals surface area contributed by atoms with Gasteiger partial charge in [-0.25, -0.2) is 0 Å². The SMILES string of the molecule is COc1ccccc1C(O)CNCc1cn[nH]c1C(C)(C)C.Cl. The molecule has 0 aliphatic rings. The van der Waals surface area contributed by atoms with Gasteiger partial charge >= 0.3 is 0 Å². The topological polar surface area (TPSA) is 70.2 Å². The molecule has 6 heteroatoms. The second-order valence-electron chi connectivity index (χ2n) is 6.41. The van der Waals surface area contributed by atoms with Gasteiger partial charge in [0, 0.05) is 35.3 Å². The number of halogens is 1. The maximum atomic E-state index is 10.3. The van der Waals surface area contributed by atoms with E-state index in [1.165, 1.54) is 0 Å². The van der Waals surface area contributed by atoms with Crippen molar-refractivity contribution in [3.05, 3.63) is 47.3 Å². The number of nitrogens with zero attached hydrogens (tertiary/aromatic N) is 1. The molecule has 1 aromatic carbocycles.